The number of nitrogens with zero attached hydrogens (tertiary/aromatic N) is 4. The number of methoxy groups -OCH3 is 2. The molecular formula is C29H29ClN6O5S. The molecule has 2 N–H and O–H groups in total. The van der Waals surface area contributed by atoms with E-state index in [4.69, 9.17) is 25.8 Å². The number of benzene rings is 2. The van der Waals surface area contributed by atoms with Crippen LogP contribution in [0.1, 0.15) is 28.9 Å². The van der Waals surface area contributed by atoms with Gasteiger partial charge in [-0.3, -0.25) is 9.69 Å². The van der Waals surface area contributed by atoms with Crippen LogP contribution in [-0.4, -0.2) is 67.3 Å². The van der Waals surface area contributed by atoms with E-state index in [0.29, 0.717) is 66.9 Å². The molecule has 2 aliphatic rings. The first kappa shape index (κ1) is 28.0. The lowest BCUT2D eigenvalue weighted by atomic mass is 10.1. The van der Waals surface area contributed by atoms with Crippen molar-refractivity contribution in [3.63, 3.8) is 0 Å². The fourth-order valence-corrected chi connectivity index (χ4v) is 6.36. The summed E-state index contributed by atoms with van der Waals surface area (Å²) in [5, 5.41) is 6.73. The summed E-state index contributed by atoms with van der Waals surface area (Å²) in [6.07, 6.45) is 5.10. The number of aromatic nitrogens is 2. The van der Waals surface area contributed by atoms with Gasteiger partial charge in [0.1, 0.15) is 28.4 Å². The van der Waals surface area contributed by atoms with E-state index in [9.17, 15) is 9.59 Å². The molecule has 2 aromatic carbocycles. The van der Waals surface area contributed by atoms with Crippen LogP contribution < -0.4 is 29.7 Å². The molecule has 0 atom stereocenters. The van der Waals surface area contributed by atoms with Crippen LogP contribution in [0.15, 0.2) is 42.7 Å². The Hall–Kier alpha value is -4.13. The van der Waals surface area contributed by atoms with Gasteiger partial charge >= 0.3 is 6.03 Å². The summed E-state index contributed by atoms with van der Waals surface area (Å²) >= 11 is 7.40. The normalized spacial score (nSPS) is 14.9. The van der Waals surface area contributed by atoms with Gasteiger partial charge < -0.3 is 24.8 Å². The van der Waals surface area contributed by atoms with Crippen LogP contribution in [0, 0.1) is 0 Å². The molecule has 1 saturated heterocycles. The molecule has 42 heavy (non-hydrogen) atoms. The van der Waals surface area contributed by atoms with Crippen molar-refractivity contribution in [3.05, 3.63) is 52.6 Å². The highest BCUT2D eigenvalue weighted by Crippen LogP contribution is 2.47. The van der Waals surface area contributed by atoms with Crippen molar-refractivity contribution in [2.75, 3.05) is 56.0 Å². The minimum Gasteiger partial charge on any atom is -0.495 e. The summed E-state index contributed by atoms with van der Waals surface area (Å²) in [5.41, 5.74) is 1.27. The third-order valence-electron chi connectivity index (χ3n) is 7.24. The van der Waals surface area contributed by atoms with Crippen LogP contribution in [-0.2, 0) is 0 Å². The zero-order valence-electron chi connectivity index (χ0n) is 23.1. The van der Waals surface area contributed by atoms with Gasteiger partial charge in [-0.2, -0.15) is 0 Å². The average Bonchev–Trinajstić information content (AvgIpc) is 3.38. The third-order valence-corrected chi connectivity index (χ3v) is 8.57. The van der Waals surface area contributed by atoms with Gasteiger partial charge in [0, 0.05) is 23.3 Å². The Morgan fingerprint density at radius 3 is 2.62 bits per heavy atom. The van der Waals surface area contributed by atoms with Gasteiger partial charge in [0.2, 0.25) is 0 Å². The largest absolute Gasteiger partial charge is 0.495 e. The standard InChI is InChI=1S/C29H29ClN6O5S/c1-39-20-8-6-17(30)14-19(20)36-26-23-24(34-29(36)38)25(42-28(23)32-16-31-26)27(37)33-18-7-9-21(22(15-18)40-2)41-13-12-35-10-4-3-5-11-35/h6-9,14-16H,3-5,10-13H2,1-2H3,(H,33,37)(H,34,38). The number of rotatable bonds is 9. The molecule has 6 rings (SSSR count). The molecule has 0 radical (unpaired) electrons. The van der Waals surface area contributed by atoms with Gasteiger partial charge in [-0.1, -0.05) is 18.0 Å². The van der Waals surface area contributed by atoms with Crippen molar-refractivity contribution in [3.8, 4) is 17.2 Å². The van der Waals surface area contributed by atoms with Gasteiger partial charge in [-0.25, -0.2) is 19.7 Å². The van der Waals surface area contributed by atoms with E-state index < -0.39 is 11.9 Å². The van der Waals surface area contributed by atoms with Gasteiger partial charge in [0.05, 0.1) is 31.0 Å². The van der Waals surface area contributed by atoms with Crippen molar-refractivity contribution in [2.45, 2.75) is 19.3 Å². The molecule has 0 bridgehead atoms. The second-order valence-corrected chi connectivity index (χ2v) is 11.3. The first-order valence-electron chi connectivity index (χ1n) is 13.5. The summed E-state index contributed by atoms with van der Waals surface area (Å²) in [5.74, 6) is 1.46. The van der Waals surface area contributed by atoms with Crippen molar-refractivity contribution in [1.82, 2.24) is 14.9 Å². The highest BCUT2D eigenvalue weighted by Gasteiger charge is 2.35. The Morgan fingerprint density at radius 1 is 1.05 bits per heavy atom. The van der Waals surface area contributed by atoms with Gasteiger partial charge in [-0.05, 0) is 56.3 Å². The Kier molecular flexibility index (Phi) is 8.00. The number of ether oxygens (including phenoxy) is 3. The first-order valence-corrected chi connectivity index (χ1v) is 14.7. The Balaban J connectivity index is 1.24. The lowest BCUT2D eigenvalue weighted by Crippen LogP contribution is -2.35. The average molecular weight is 609 g/mol. The van der Waals surface area contributed by atoms with Crippen molar-refractivity contribution in [2.24, 2.45) is 0 Å². The zero-order chi connectivity index (χ0) is 29.2. The number of hydrogen-bond acceptors (Lipinski definition) is 9. The summed E-state index contributed by atoms with van der Waals surface area (Å²) in [6.45, 7) is 3.61. The smallest absolute Gasteiger partial charge is 0.332 e. The molecule has 11 nitrogen and oxygen atoms in total. The van der Waals surface area contributed by atoms with E-state index in [-0.39, 0.29) is 0 Å². The predicted molar refractivity (Wildman–Crippen MR) is 163 cm³/mol. The topological polar surface area (TPSA) is 118 Å². The van der Waals surface area contributed by atoms with Crippen LogP contribution >= 0.6 is 22.9 Å². The van der Waals surface area contributed by atoms with Crippen LogP contribution in [0.3, 0.4) is 0 Å². The fraction of sp³-hybridized carbons (Fsp3) is 0.310. The van der Waals surface area contributed by atoms with E-state index in [1.165, 1.54) is 37.6 Å². The second kappa shape index (κ2) is 12.0. The number of halogens is 1. The highest BCUT2D eigenvalue weighted by atomic mass is 35.5. The molecular weight excluding hydrogens is 580 g/mol. The third kappa shape index (κ3) is 5.40. The second-order valence-electron chi connectivity index (χ2n) is 9.84. The molecule has 0 spiro atoms. The van der Waals surface area contributed by atoms with Crippen molar-refractivity contribution < 1.29 is 23.8 Å². The lowest BCUT2D eigenvalue weighted by Gasteiger charge is -2.28. The number of nitrogens with one attached hydrogen (secondary N) is 2. The number of hydrogen-bond donors (Lipinski definition) is 2. The SMILES string of the molecule is COc1cc(NC(=O)c2sc3ncnc4c3c2NC(=O)N4c2cc(Cl)ccc2OC)ccc1OCCN1CCCCC1. The first-order chi connectivity index (χ1) is 20.5. The zero-order valence-corrected chi connectivity index (χ0v) is 24.7. The van der Waals surface area contributed by atoms with Gasteiger partial charge in [0.25, 0.3) is 5.91 Å². The van der Waals surface area contributed by atoms with Crippen LogP contribution in [0.4, 0.5) is 27.7 Å². The molecule has 13 heteroatoms. The summed E-state index contributed by atoms with van der Waals surface area (Å²) in [7, 11) is 3.07. The summed E-state index contributed by atoms with van der Waals surface area (Å²) in [4.78, 5) is 40.3. The number of amides is 3. The Bertz CT molecular complexity index is 1660. The molecule has 0 saturated carbocycles. The van der Waals surface area contributed by atoms with Crippen LogP contribution in [0.2, 0.25) is 5.02 Å². The summed E-state index contributed by atoms with van der Waals surface area (Å²) in [6, 6.07) is 9.70. The van der Waals surface area contributed by atoms with Gasteiger partial charge in [0.15, 0.2) is 17.3 Å². The lowest BCUT2D eigenvalue weighted by molar-refractivity contribution is 0.103. The maximum absolute atomic E-state index is 13.5. The number of likely N-dealkylation sites (tertiary alicyclic amines) is 1. The number of urea groups is 1. The number of carbonyl (C=O) groups is 2. The molecule has 218 valence electrons. The molecule has 2 aromatic heterocycles. The molecule has 4 heterocycles. The van der Waals surface area contributed by atoms with E-state index in [2.05, 4.69) is 25.5 Å². The van der Waals surface area contributed by atoms with Crippen molar-refractivity contribution in [1.29, 1.82) is 0 Å². The monoisotopic (exact) mass is 608 g/mol. The number of carbonyl (C=O) groups excluding carboxylic acids is 2. The maximum atomic E-state index is 13.5. The predicted octanol–water partition coefficient (Wildman–Crippen LogP) is 6.16. The van der Waals surface area contributed by atoms with Crippen molar-refractivity contribution >= 4 is 68.0 Å². The molecule has 0 unspecified atom stereocenters. The fourth-order valence-electron chi connectivity index (χ4n) is 5.21. The molecule has 1 fully saturated rings. The summed E-state index contributed by atoms with van der Waals surface area (Å²) < 4.78 is 17.0. The molecule has 2 aliphatic heterocycles. The minimum atomic E-state index is -0.511. The number of piperidine rings is 1. The molecule has 4 aromatic rings. The van der Waals surface area contributed by atoms with E-state index in [0.717, 1.165) is 31.0 Å². The van der Waals surface area contributed by atoms with E-state index in [1.807, 2.05) is 0 Å². The molecule has 0 aliphatic carbocycles. The molecule has 3 amide bonds. The van der Waals surface area contributed by atoms with E-state index >= 15 is 0 Å². The Morgan fingerprint density at radius 2 is 1.83 bits per heavy atom. The Labute approximate surface area is 251 Å². The van der Waals surface area contributed by atoms with Gasteiger partial charge in [-0.15, -0.1) is 11.3 Å². The number of anilines is 4. The van der Waals surface area contributed by atoms with Crippen LogP contribution in [0.25, 0.3) is 10.2 Å². The highest BCUT2D eigenvalue weighted by molar-refractivity contribution is 7.21. The van der Waals surface area contributed by atoms with Crippen LogP contribution in [0.5, 0.6) is 17.2 Å². The maximum Gasteiger partial charge on any atom is 0.332 e. The number of thiophene rings is 1. The van der Waals surface area contributed by atoms with E-state index in [1.54, 1.807) is 43.5 Å². The quantitative estimate of drug-likeness (QED) is 0.232. The minimum absolute atomic E-state index is 0.290.